The van der Waals surface area contributed by atoms with E-state index >= 15 is 0 Å². The van der Waals surface area contributed by atoms with Crippen LogP contribution in [0.25, 0.3) is 0 Å². The van der Waals surface area contributed by atoms with E-state index < -0.39 is 0 Å². The summed E-state index contributed by atoms with van der Waals surface area (Å²) in [5.41, 5.74) is 6.08. The zero-order chi connectivity index (χ0) is 10.2. The molecule has 14 heavy (non-hydrogen) atoms. The summed E-state index contributed by atoms with van der Waals surface area (Å²) in [5.74, 6) is 0.928. The molecule has 0 saturated heterocycles. The molecule has 0 aromatic carbocycles. The second-order valence-corrected chi connectivity index (χ2v) is 4.49. The highest BCUT2D eigenvalue weighted by Gasteiger charge is 2.17. The van der Waals surface area contributed by atoms with Crippen molar-refractivity contribution in [3.8, 4) is 0 Å². The lowest BCUT2D eigenvalue weighted by molar-refractivity contribution is 0.141. The van der Waals surface area contributed by atoms with Crippen molar-refractivity contribution >= 4 is 0 Å². The number of hydrogen-bond donors (Lipinski definition) is 1. The number of hydrogen-bond acceptors (Lipinski definition) is 2. The van der Waals surface area contributed by atoms with Gasteiger partial charge in [-0.2, -0.15) is 0 Å². The monoisotopic (exact) mass is 199 g/mol. The molecule has 2 N–H and O–H groups in total. The van der Waals surface area contributed by atoms with Crippen LogP contribution in [-0.2, 0) is 4.74 Å². The van der Waals surface area contributed by atoms with E-state index in [4.69, 9.17) is 10.5 Å². The third kappa shape index (κ3) is 4.97. The van der Waals surface area contributed by atoms with Gasteiger partial charge in [-0.1, -0.05) is 25.7 Å². The first-order valence-corrected chi connectivity index (χ1v) is 6.16. The minimum atomic E-state index is 0.415. The van der Waals surface area contributed by atoms with Crippen molar-refractivity contribution in [2.75, 3.05) is 13.2 Å². The molecule has 1 aliphatic rings. The lowest BCUT2D eigenvalue weighted by atomic mass is 9.96. The van der Waals surface area contributed by atoms with Crippen molar-refractivity contribution in [3.63, 3.8) is 0 Å². The molecule has 1 saturated carbocycles. The lowest BCUT2D eigenvalue weighted by Gasteiger charge is -2.15. The fourth-order valence-corrected chi connectivity index (χ4v) is 2.38. The van der Waals surface area contributed by atoms with Crippen LogP contribution in [0.15, 0.2) is 0 Å². The smallest absolute Gasteiger partial charge is 0.0466 e. The number of ether oxygens (including phenoxy) is 1. The third-order valence-corrected chi connectivity index (χ3v) is 3.18. The Balaban J connectivity index is 1.95. The largest absolute Gasteiger partial charge is 0.382 e. The third-order valence-electron chi connectivity index (χ3n) is 3.18. The molecule has 0 bridgehead atoms. The van der Waals surface area contributed by atoms with E-state index in [1.807, 2.05) is 6.92 Å². The van der Waals surface area contributed by atoms with E-state index in [1.54, 1.807) is 0 Å². The van der Waals surface area contributed by atoms with Crippen LogP contribution >= 0.6 is 0 Å². The van der Waals surface area contributed by atoms with Gasteiger partial charge in [0.05, 0.1) is 0 Å². The molecule has 0 heterocycles. The highest BCUT2D eigenvalue weighted by atomic mass is 16.5. The molecule has 1 unspecified atom stereocenters. The second kappa shape index (κ2) is 7.24. The summed E-state index contributed by atoms with van der Waals surface area (Å²) in [4.78, 5) is 0. The van der Waals surface area contributed by atoms with Crippen LogP contribution in [0.2, 0.25) is 0 Å². The molecule has 0 spiro atoms. The number of rotatable bonds is 7. The van der Waals surface area contributed by atoms with E-state index in [1.165, 1.54) is 32.1 Å². The SMILES string of the molecule is CCOCCCC(N)CC1CCCC1. The van der Waals surface area contributed by atoms with Gasteiger partial charge in [-0.15, -0.1) is 0 Å². The standard InChI is InChI=1S/C12H25NO/c1-2-14-9-5-8-12(13)10-11-6-3-4-7-11/h11-12H,2-10,13H2,1H3. The van der Waals surface area contributed by atoms with Crippen LogP contribution in [0, 0.1) is 5.92 Å². The molecular formula is C12H25NO. The Morgan fingerprint density at radius 1 is 1.36 bits per heavy atom. The fourth-order valence-electron chi connectivity index (χ4n) is 2.38. The average Bonchev–Trinajstić information content (AvgIpc) is 2.65. The van der Waals surface area contributed by atoms with Crippen molar-refractivity contribution < 1.29 is 4.74 Å². The summed E-state index contributed by atoms with van der Waals surface area (Å²) in [5, 5.41) is 0. The van der Waals surface area contributed by atoms with Crippen molar-refractivity contribution in [2.45, 2.75) is 57.9 Å². The van der Waals surface area contributed by atoms with E-state index in [0.717, 1.165) is 32.0 Å². The van der Waals surface area contributed by atoms with Crippen LogP contribution in [0.5, 0.6) is 0 Å². The van der Waals surface area contributed by atoms with Gasteiger partial charge in [0.1, 0.15) is 0 Å². The van der Waals surface area contributed by atoms with Crippen molar-refractivity contribution in [3.05, 3.63) is 0 Å². The average molecular weight is 199 g/mol. The molecule has 0 amide bonds. The van der Waals surface area contributed by atoms with Gasteiger partial charge in [0.2, 0.25) is 0 Å². The molecular weight excluding hydrogens is 174 g/mol. The minimum absolute atomic E-state index is 0.415. The Bertz CT molecular complexity index is 132. The lowest BCUT2D eigenvalue weighted by Crippen LogP contribution is -2.23. The molecule has 84 valence electrons. The van der Waals surface area contributed by atoms with Gasteiger partial charge >= 0.3 is 0 Å². The van der Waals surface area contributed by atoms with Crippen LogP contribution < -0.4 is 5.73 Å². The Kier molecular flexibility index (Phi) is 6.20. The molecule has 0 aliphatic heterocycles. The molecule has 1 rings (SSSR count). The van der Waals surface area contributed by atoms with Gasteiger partial charge in [-0.25, -0.2) is 0 Å². The summed E-state index contributed by atoms with van der Waals surface area (Å²) in [6.45, 7) is 3.76. The first kappa shape index (κ1) is 12.0. The predicted molar refractivity (Wildman–Crippen MR) is 60.3 cm³/mol. The topological polar surface area (TPSA) is 35.2 Å². The Labute approximate surface area is 88.2 Å². The van der Waals surface area contributed by atoms with Gasteiger partial charge < -0.3 is 10.5 Å². The van der Waals surface area contributed by atoms with Crippen LogP contribution in [0.4, 0.5) is 0 Å². The van der Waals surface area contributed by atoms with E-state index in [0.29, 0.717) is 6.04 Å². The van der Waals surface area contributed by atoms with Gasteiger partial charge in [0.15, 0.2) is 0 Å². The highest BCUT2D eigenvalue weighted by Crippen LogP contribution is 2.28. The van der Waals surface area contributed by atoms with Gasteiger partial charge in [0, 0.05) is 19.3 Å². The van der Waals surface area contributed by atoms with Crippen LogP contribution in [-0.4, -0.2) is 19.3 Å². The maximum absolute atomic E-state index is 6.08. The van der Waals surface area contributed by atoms with Crippen molar-refractivity contribution in [2.24, 2.45) is 11.7 Å². The first-order chi connectivity index (χ1) is 6.83. The van der Waals surface area contributed by atoms with Crippen LogP contribution in [0.1, 0.15) is 51.9 Å². The van der Waals surface area contributed by atoms with Gasteiger partial charge in [0.25, 0.3) is 0 Å². The summed E-state index contributed by atoms with van der Waals surface area (Å²) in [6.07, 6.45) is 9.19. The molecule has 1 atom stereocenters. The maximum atomic E-state index is 6.08. The number of nitrogens with two attached hydrogens (primary N) is 1. The molecule has 0 aromatic rings. The molecule has 1 fully saturated rings. The van der Waals surface area contributed by atoms with E-state index in [9.17, 15) is 0 Å². The highest BCUT2D eigenvalue weighted by molar-refractivity contribution is 4.73. The van der Waals surface area contributed by atoms with E-state index in [2.05, 4.69) is 0 Å². The Hall–Kier alpha value is -0.0800. The molecule has 0 aromatic heterocycles. The van der Waals surface area contributed by atoms with Crippen LogP contribution in [0.3, 0.4) is 0 Å². The summed E-state index contributed by atoms with van der Waals surface area (Å²) in [6, 6.07) is 0.415. The Morgan fingerprint density at radius 2 is 2.07 bits per heavy atom. The van der Waals surface area contributed by atoms with Gasteiger partial charge in [-0.3, -0.25) is 0 Å². The molecule has 2 nitrogen and oxygen atoms in total. The van der Waals surface area contributed by atoms with Gasteiger partial charge in [-0.05, 0) is 32.1 Å². The second-order valence-electron chi connectivity index (χ2n) is 4.49. The van der Waals surface area contributed by atoms with E-state index in [-0.39, 0.29) is 0 Å². The van der Waals surface area contributed by atoms with Crippen molar-refractivity contribution in [1.29, 1.82) is 0 Å². The summed E-state index contributed by atoms with van der Waals surface area (Å²) >= 11 is 0. The fraction of sp³-hybridized carbons (Fsp3) is 1.00. The molecule has 0 radical (unpaired) electrons. The minimum Gasteiger partial charge on any atom is -0.382 e. The van der Waals surface area contributed by atoms with Crippen molar-refractivity contribution in [1.82, 2.24) is 0 Å². The summed E-state index contributed by atoms with van der Waals surface area (Å²) in [7, 11) is 0. The maximum Gasteiger partial charge on any atom is 0.0466 e. The first-order valence-electron chi connectivity index (χ1n) is 6.16. The molecule has 2 heteroatoms. The summed E-state index contributed by atoms with van der Waals surface area (Å²) < 4.78 is 5.30. The predicted octanol–water partition coefficient (Wildman–Crippen LogP) is 2.71. The molecule has 1 aliphatic carbocycles. The Morgan fingerprint density at radius 3 is 2.71 bits per heavy atom. The zero-order valence-corrected chi connectivity index (χ0v) is 9.50. The quantitative estimate of drug-likeness (QED) is 0.640. The zero-order valence-electron chi connectivity index (χ0n) is 9.50. The normalized spacial score (nSPS) is 20.1.